The molecule has 36 heavy (non-hydrogen) atoms. The molecule has 0 radical (unpaired) electrons. The van der Waals surface area contributed by atoms with Gasteiger partial charge in [-0.15, -0.1) is 0 Å². The van der Waals surface area contributed by atoms with Gasteiger partial charge < -0.3 is 24.2 Å². The molecule has 1 aromatic carbocycles. The zero-order chi connectivity index (χ0) is 25.4. The summed E-state index contributed by atoms with van der Waals surface area (Å²) >= 11 is 0. The zero-order valence-corrected chi connectivity index (χ0v) is 20.8. The third-order valence-electron chi connectivity index (χ3n) is 7.75. The number of benzene rings is 1. The quantitative estimate of drug-likeness (QED) is 0.449. The predicted molar refractivity (Wildman–Crippen MR) is 138 cm³/mol. The summed E-state index contributed by atoms with van der Waals surface area (Å²) in [6, 6.07) is 9.31. The summed E-state index contributed by atoms with van der Waals surface area (Å²) in [4.78, 5) is 42.4. The second-order valence-electron chi connectivity index (χ2n) is 10.4. The Hall–Kier alpha value is -4.07. The number of nitrogens with zero attached hydrogens (tertiary/aromatic N) is 2. The number of carbonyl (C=O) groups is 1. The third kappa shape index (κ3) is 3.31. The number of H-pyrrole nitrogens is 1. The average molecular weight is 485 g/mol. The Morgan fingerprint density at radius 3 is 2.33 bits per heavy atom. The lowest BCUT2D eigenvalue weighted by Crippen LogP contribution is -2.68. The lowest BCUT2D eigenvalue weighted by atomic mass is 9.50. The van der Waals surface area contributed by atoms with Gasteiger partial charge in [-0.1, -0.05) is 18.2 Å². The van der Waals surface area contributed by atoms with Crippen LogP contribution in [-0.4, -0.2) is 25.6 Å². The molecule has 0 atom stereocenters. The van der Waals surface area contributed by atoms with Gasteiger partial charge in [0.05, 0.1) is 0 Å². The maximum absolute atomic E-state index is 13.3. The normalized spacial score (nSPS) is 20.1. The van der Waals surface area contributed by atoms with E-state index in [0.717, 1.165) is 36.3 Å². The molecular formula is C28H28N4O4. The van der Waals surface area contributed by atoms with Gasteiger partial charge in [0.15, 0.2) is 5.75 Å². The van der Waals surface area contributed by atoms with E-state index in [9.17, 15) is 14.4 Å². The van der Waals surface area contributed by atoms with Gasteiger partial charge in [0.1, 0.15) is 17.0 Å². The van der Waals surface area contributed by atoms with Gasteiger partial charge in [-0.2, -0.15) is 0 Å². The van der Waals surface area contributed by atoms with Crippen LogP contribution in [0.5, 0.6) is 11.5 Å². The number of hydrogen-bond acceptors (Lipinski definition) is 4. The summed E-state index contributed by atoms with van der Waals surface area (Å²) in [5.41, 5.74) is 3.02. The van der Waals surface area contributed by atoms with Crippen LogP contribution < -0.4 is 21.2 Å². The van der Waals surface area contributed by atoms with E-state index in [1.54, 1.807) is 38.6 Å². The molecule has 3 aromatic heterocycles. The van der Waals surface area contributed by atoms with E-state index in [1.165, 1.54) is 9.13 Å². The number of aromatic nitrogens is 3. The zero-order valence-electron chi connectivity index (χ0n) is 20.8. The minimum Gasteiger partial charge on any atom is -0.450 e. The van der Waals surface area contributed by atoms with Gasteiger partial charge in [-0.25, -0.2) is 0 Å². The third-order valence-corrected chi connectivity index (χ3v) is 7.75. The standard InChI is InChI=1S/C28H28N4O4/c1-15-6-5-7-16(2)23(15)36-24-18(8-9-31(3)27(24)35)20-14-32(4)26(34)22-19(20)10-21(29-22)25(33)30-28-11-17(12-28)13-28/h5-10,14,17,29H,11-13H2,1-4H3,(H,30,33). The van der Waals surface area contributed by atoms with Crippen LogP contribution in [0.2, 0.25) is 0 Å². The van der Waals surface area contributed by atoms with Crippen LogP contribution in [0, 0.1) is 19.8 Å². The largest absolute Gasteiger partial charge is 0.450 e. The fraction of sp³-hybridized carbons (Fsp3) is 0.321. The molecule has 0 saturated heterocycles. The van der Waals surface area contributed by atoms with Crippen molar-refractivity contribution in [3.63, 3.8) is 0 Å². The lowest BCUT2D eigenvalue weighted by molar-refractivity contribution is -0.0439. The summed E-state index contributed by atoms with van der Waals surface area (Å²) in [5.74, 6) is 1.31. The summed E-state index contributed by atoms with van der Waals surface area (Å²) in [7, 11) is 3.32. The van der Waals surface area contributed by atoms with Crippen LogP contribution in [-0.2, 0) is 14.1 Å². The topological polar surface area (TPSA) is 98.1 Å². The van der Waals surface area contributed by atoms with Crippen molar-refractivity contribution in [3.05, 3.63) is 80.3 Å². The fourth-order valence-electron chi connectivity index (χ4n) is 5.59. The van der Waals surface area contributed by atoms with E-state index in [0.29, 0.717) is 33.5 Å². The molecule has 3 aliphatic rings. The number of carbonyl (C=O) groups excluding carboxylic acids is 1. The molecule has 0 unspecified atom stereocenters. The molecule has 3 heterocycles. The first kappa shape index (κ1) is 22.4. The highest BCUT2D eigenvalue weighted by molar-refractivity contribution is 6.03. The number of hydrogen-bond donors (Lipinski definition) is 2. The molecule has 4 aromatic rings. The van der Waals surface area contributed by atoms with Crippen LogP contribution in [0.15, 0.2) is 52.3 Å². The predicted octanol–water partition coefficient (Wildman–Crippen LogP) is 3.92. The van der Waals surface area contributed by atoms with E-state index < -0.39 is 0 Å². The fourth-order valence-corrected chi connectivity index (χ4v) is 5.59. The molecule has 8 nitrogen and oxygen atoms in total. The number of fused-ring (bicyclic) bond motifs is 1. The second-order valence-corrected chi connectivity index (χ2v) is 10.4. The Labute approximate surface area is 207 Å². The van der Waals surface area contributed by atoms with E-state index >= 15 is 0 Å². The molecule has 8 heteroatoms. The first-order valence-corrected chi connectivity index (χ1v) is 12.1. The molecule has 1 amide bonds. The molecule has 0 spiro atoms. The Kier molecular flexibility index (Phi) is 4.80. The Morgan fingerprint density at radius 2 is 1.69 bits per heavy atom. The van der Waals surface area contributed by atoms with Crippen LogP contribution in [0.1, 0.15) is 40.9 Å². The first-order valence-electron chi connectivity index (χ1n) is 12.1. The number of ether oxygens (including phenoxy) is 1. The highest BCUT2D eigenvalue weighted by Crippen LogP contribution is 2.57. The molecule has 0 aliphatic heterocycles. The van der Waals surface area contributed by atoms with Crippen molar-refractivity contribution >= 4 is 16.8 Å². The van der Waals surface area contributed by atoms with Crippen molar-refractivity contribution in [3.8, 4) is 22.6 Å². The molecule has 2 N–H and O–H groups in total. The number of para-hydroxylation sites is 1. The maximum atomic E-state index is 13.3. The highest BCUT2D eigenvalue weighted by atomic mass is 16.5. The number of amides is 1. The van der Waals surface area contributed by atoms with Crippen molar-refractivity contribution in [2.75, 3.05) is 0 Å². The van der Waals surface area contributed by atoms with Crippen LogP contribution in [0.3, 0.4) is 0 Å². The Bertz CT molecular complexity index is 1650. The van der Waals surface area contributed by atoms with Crippen molar-refractivity contribution in [2.45, 2.75) is 38.6 Å². The van der Waals surface area contributed by atoms with Crippen molar-refractivity contribution < 1.29 is 9.53 Å². The van der Waals surface area contributed by atoms with Gasteiger partial charge in [-0.3, -0.25) is 14.4 Å². The van der Waals surface area contributed by atoms with Gasteiger partial charge in [-0.05, 0) is 62.3 Å². The van der Waals surface area contributed by atoms with Crippen molar-refractivity contribution in [1.82, 2.24) is 19.4 Å². The number of rotatable bonds is 5. The molecule has 184 valence electrons. The Morgan fingerprint density at radius 1 is 1.00 bits per heavy atom. The van der Waals surface area contributed by atoms with Crippen LogP contribution in [0.25, 0.3) is 22.0 Å². The molecule has 3 saturated carbocycles. The summed E-state index contributed by atoms with van der Waals surface area (Å²) < 4.78 is 9.21. The van der Waals surface area contributed by atoms with Gasteiger partial charge in [0.25, 0.3) is 17.0 Å². The van der Waals surface area contributed by atoms with E-state index in [2.05, 4.69) is 10.3 Å². The first-order chi connectivity index (χ1) is 17.2. The van der Waals surface area contributed by atoms with Crippen molar-refractivity contribution in [2.24, 2.45) is 20.0 Å². The lowest BCUT2D eigenvalue weighted by Gasteiger charge is -2.61. The number of pyridine rings is 2. The molecule has 3 aliphatic carbocycles. The average Bonchev–Trinajstić information content (AvgIpc) is 3.24. The second kappa shape index (κ2) is 7.71. The number of aromatic amines is 1. The monoisotopic (exact) mass is 484 g/mol. The van der Waals surface area contributed by atoms with E-state index in [1.807, 2.05) is 32.0 Å². The maximum Gasteiger partial charge on any atom is 0.293 e. The van der Waals surface area contributed by atoms with Gasteiger partial charge >= 0.3 is 0 Å². The SMILES string of the molecule is Cc1cccc(C)c1Oc1c(-c2cn(C)c(=O)c3[nH]c(C(=O)NC45CC(C4)C5)cc23)ccn(C)c1=O. The minimum atomic E-state index is -0.297. The summed E-state index contributed by atoms with van der Waals surface area (Å²) in [6.45, 7) is 3.87. The summed E-state index contributed by atoms with van der Waals surface area (Å²) in [6.07, 6.45) is 6.44. The molecule has 2 bridgehead atoms. The minimum absolute atomic E-state index is 0.0785. The van der Waals surface area contributed by atoms with Crippen molar-refractivity contribution in [1.29, 1.82) is 0 Å². The summed E-state index contributed by atoms with van der Waals surface area (Å²) in [5, 5.41) is 3.72. The Balaban J connectivity index is 1.51. The van der Waals surface area contributed by atoms with Gasteiger partial charge in [0, 0.05) is 48.5 Å². The highest BCUT2D eigenvalue weighted by Gasteiger charge is 2.57. The smallest absolute Gasteiger partial charge is 0.293 e. The van der Waals surface area contributed by atoms with Crippen LogP contribution >= 0.6 is 0 Å². The molecular weight excluding hydrogens is 456 g/mol. The van der Waals surface area contributed by atoms with E-state index in [-0.39, 0.29) is 28.3 Å². The molecule has 3 fully saturated rings. The molecule has 7 rings (SSSR count). The van der Waals surface area contributed by atoms with Gasteiger partial charge in [0.2, 0.25) is 0 Å². The van der Waals surface area contributed by atoms with Crippen LogP contribution in [0.4, 0.5) is 0 Å². The number of nitrogens with one attached hydrogen (secondary N) is 2. The van der Waals surface area contributed by atoms with E-state index in [4.69, 9.17) is 4.74 Å². The number of aryl methyl sites for hydroxylation is 4.